The van der Waals surface area contributed by atoms with Crippen LogP contribution in [-0.2, 0) is 55.7 Å². The Balaban J connectivity index is 1.78. The first-order valence-electron chi connectivity index (χ1n) is 20.1. The lowest BCUT2D eigenvalue weighted by Crippen LogP contribution is -2.61. The lowest BCUT2D eigenvalue weighted by Gasteiger charge is -2.28. The highest BCUT2D eigenvalue weighted by atomic mass is 31.2. The van der Waals surface area contributed by atoms with Gasteiger partial charge in [0.15, 0.2) is 0 Å². The summed E-state index contributed by atoms with van der Waals surface area (Å²) in [5.74, 6) is -4.91. The van der Waals surface area contributed by atoms with E-state index < -0.39 is 80.3 Å². The number of carbonyl (C=O) groups excluding carboxylic acids is 6. The Hall–Kier alpha value is -5.21. The summed E-state index contributed by atoms with van der Waals surface area (Å²) >= 11 is 0. The topological polar surface area (TPSA) is 306 Å². The average Bonchev–Trinajstić information content (AvgIpc) is 3.87. The highest BCUT2D eigenvalue weighted by Gasteiger charge is 2.37. The molecule has 1 fully saturated rings. The number of amides is 6. The number of aromatic nitrogens is 2. The molecule has 2 aromatic rings. The van der Waals surface area contributed by atoms with Crippen molar-refractivity contribution in [3.63, 3.8) is 0 Å². The van der Waals surface area contributed by atoms with Crippen LogP contribution in [0.25, 0.3) is 0 Å². The summed E-state index contributed by atoms with van der Waals surface area (Å²) in [4.78, 5) is 108. The van der Waals surface area contributed by atoms with E-state index in [2.05, 4.69) is 35.9 Å². The maximum absolute atomic E-state index is 14.0. The summed E-state index contributed by atoms with van der Waals surface area (Å²) in [5, 5.41) is 24.1. The first-order valence-corrected chi connectivity index (χ1v) is 21.7. The van der Waals surface area contributed by atoms with E-state index in [0.717, 1.165) is 12.5 Å². The number of aliphatic hydroxyl groups excluding tert-OH is 1. The number of oxime groups is 1. The fourth-order valence-corrected chi connectivity index (χ4v) is 7.25. The normalized spacial score (nSPS) is 17.2. The quantitative estimate of drug-likeness (QED) is 0.0282. The van der Waals surface area contributed by atoms with Crippen molar-refractivity contribution in [3.05, 3.63) is 54.1 Å². The van der Waals surface area contributed by atoms with Gasteiger partial charge in [0, 0.05) is 44.2 Å². The van der Waals surface area contributed by atoms with Gasteiger partial charge in [-0.1, -0.05) is 56.3 Å². The monoisotopic (exact) mass is 877 g/mol. The SMILES string of the molecule is CC(=O)N1CCC[C@H]1C(=O)N[C@@H](CC(C)C)C(=O)N[C@@H](Cc1cncn1CCCCO/N=C/C(C)c1ccccc1)C(=O)N[C@@H](CO)C(=O)N[C@H](C(N)=O)[C@@H](C)OP(=O)(O)O. The van der Waals surface area contributed by atoms with Gasteiger partial charge in [-0.05, 0) is 50.5 Å². The summed E-state index contributed by atoms with van der Waals surface area (Å²) in [6, 6.07) is 2.98. The predicted molar refractivity (Wildman–Crippen MR) is 221 cm³/mol. The van der Waals surface area contributed by atoms with Gasteiger partial charge in [0.25, 0.3) is 0 Å². The number of nitrogens with two attached hydrogens (primary N) is 1. The molecule has 1 aromatic carbocycles. The van der Waals surface area contributed by atoms with Crippen molar-refractivity contribution in [2.45, 2.75) is 122 Å². The maximum atomic E-state index is 14.0. The molecule has 338 valence electrons. The van der Waals surface area contributed by atoms with Crippen molar-refractivity contribution in [2.24, 2.45) is 16.8 Å². The van der Waals surface area contributed by atoms with Crippen LogP contribution in [0.4, 0.5) is 0 Å². The lowest BCUT2D eigenvalue weighted by atomic mass is 10.0. The number of hydrogen-bond donors (Lipinski definition) is 8. The molecule has 21 nitrogen and oxygen atoms in total. The second-order valence-corrected chi connectivity index (χ2v) is 16.5. The first kappa shape index (κ1) is 50.1. The van der Waals surface area contributed by atoms with Crippen LogP contribution in [0.3, 0.4) is 0 Å². The van der Waals surface area contributed by atoms with Gasteiger partial charge in [0.2, 0.25) is 35.4 Å². The van der Waals surface area contributed by atoms with Crippen LogP contribution in [0.5, 0.6) is 0 Å². The largest absolute Gasteiger partial charge is 0.469 e. The second-order valence-electron chi connectivity index (χ2n) is 15.3. The highest BCUT2D eigenvalue weighted by molar-refractivity contribution is 7.46. The van der Waals surface area contributed by atoms with Crippen LogP contribution >= 0.6 is 7.82 Å². The Labute approximate surface area is 354 Å². The molecule has 1 saturated heterocycles. The molecule has 1 unspecified atom stereocenters. The van der Waals surface area contributed by atoms with E-state index >= 15 is 0 Å². The molecule has 1 aromatic heterocycles. The summed E-state index contributed by atoms with van der Waals surface area (Å²) in [5.41, 5.74) is 6.95. The molecule has 3 rings (SSSR count). The van der Waals surface area contributed by atoms with Crippen molar-refractivity contribution in [2.75, 3.05) is 19.8 Å². The third kappa shape index (κ3) is 16.6. The molecule has 9 N–H and O–H groups in total. The van der Waals surface area contributed by atoms with Crippen LogP contribution in [-0.4, -0.2) is 127 Å². The number of aliphatic hydroxyl groups is 1. The standard InChI is InChI=1S/C39H60N9O12P/c1-24(2)18-30(44-39(55)33-14-11-16-48(33)27(5)50)36(52)43-31(37(53)45-32(22-49)38(54)46-34(35(40)51)26(4)60-61(56,57)58)19-29-21-41-23-47(29)15-9-10-17-59-42-20-25(3)28-12-7-6-8-13-28/h6-8,12-13,20-21,23-26,30-34,49H,9-11,14-19,22H2,1-5H3,(H2,40,51)(H,43,52)(H,44,55)(H,45,53)(H,46,54)(H2,56,57,58)/b42-20+/t25?,26-,30+,31+,32+,33+,34+/m1/s1. The maximum Gasteiger partial charge on any atom is 0.469 e. The van der Waals surface area contributed by atoms with E-state index in [1.165, 1.54) is 18.0 Å². The number of hydrogen-bond acceptors (Lipinski definition) is 12. The molecule has 1 aliphatic heterocycles. The molecule has 0 spiro atoms. The Kier molecular flexibility index (Phi) is 20.0. The van der Waals surface area contributed by atoms with E-state index in [1.807, 2.05) is 51.1 Å². The number of primary amides is 1. The molecule has 6 amide bonds. The molecular formula is C39H60N9O12P. The predicted octanol–water partition coefficient (Wildman–Crippen LogP) is -0.0165. The Morgan fingerprint density at radius 3 is 2.25 bits per heavy atom. The number of likely N-dealkylation sites (tertiary alicyclic amines) is 1. The number of phosphoric acid groups is 1. The van der Waals surface area contributed by atoms with Crippen molar-refractivity contribution in [1.82, 2.24) is 35.7 Å². The second kappa shape index (κ2) is 24.3. The van der Waals surface area contributed by atoms with Crippen LogP contribution < -0.4 is 27.0 Å². The molecule has 0 radical (unpaired) electrons. The summed E-state index contributed by atoms with van der Waals surface area (Å²) in [7, 11) is -5.12. The van der Waals surface area contributed by atoms with Crippen LogP contribution in [0.2, 0.25) is 0 Å². The summed E-state index contributed by atoms with van der Waals surface area (Å²) < 4.78 is 17.6. The van der Waals surface area contributed by atoms with E-state index in [-0.39, 0.29) is 30.6 Å². The molecule has 22 heteroatoms. The highest BCUT2D eigenvalue weighted by Crippen LogP contribution is 2.38. The minimum atomic E-state index is -5.12. The number of nitrogens with zero attached hydrogens (tertiary/aromatic N) is 4. The van der Waals surface area contributed by atoms with E-state index in [4.69, 9.17) is 10.6 Å². The van der Waals surface area contributed by atoms with E-state index in [0.29, 0.717) is 51.1 Å². The molecule has 61 heavy (non-hydrogen) atoms. The van der Waals surface area contributed by atoms with E-state index in [1.54, 1.807) is 17.1 Å². The van der Waals surface area contributed by atoms with Crippen LogP contribution in [0, 0.1) is 5.92 Å². The molecule has 0 aliphatic carbocycles. The van der Waals surface area contributed by atoms with Gasteiger partial charge < -0.3 is 56.2 Å². The smallest absolute Gasteiger partial charge is 0.396 e. The van der Waals surface area contributed by atoms with Crippen molar-refractivity contribution < 1.29 is 57.6 Å². The number of aryl methyl sites for hydroxylation is 1. The van der Waals surface area contributed by atoms with E-state index in [9.17, 15) is 48.2 Å². The minimum absolute atomic E-state index is 0.0644. The third-order valence-corrected chi connectivity index (χ3v) is 10.5. The summed E-state index contributed by atoms with van der Waals surface area (Å²) in [6.07, 6.45) is 5.40. The molecule has 1 aliphatic rings. The van der Waals surface area contributed by atoms with Gasteiger partial charge in [-0.15, -0.1) is 0 Å². The zero-order valence-electron chi connectivity index (χ0n) is 35.1. The van der Waals surface area contributed by atoms with Gasteiger partial charge in [-0.3, -0.25) is 33.3 Å². The third-order valence-electron chi connectivity index (χ3n) is 9.91. The van der Waals surface area contributed by atoms with Crippen molar-refractivity contribution in [1.29, 1.82) is 0 Å². The Bertz CT molecular complexity index is 1860. The molecule has 7 atom stereocenters. The fourth-order valence-electron chi connectivity index (χ4n) is 6.69. The molecule has 0 bridgehead atoms. The van der Waals surface area contributed by atoms with Gasteiger partial charge in [0.1, 0.15) is 36.8 Å². The van der Waals surface area contributed by atoms with Gasteiger partial charge in [-0.25, -0.2) is 9.55 Å². The molecular weight excluding hydrogens is 817 g/mol. The number of carbonyl (C=O) groups is 6. The van der Waals surface area contributed by atoms with Crippen molar-refractivity contribution in [3.8, 4) is 0 Å². The lowest BCUT2D eigenvalue weighted by molar-refractivity contribution is -0.139. The van der Waals surface area contributed by atoms with Crippen LogP contribution in [0.1, 0.15) is 83.9 Å². The number of rotatable bonds is 25. The zero-order chi connectivity index (χ0) is 45.3. The fraction of sp³-hybridized carbons (Fsp3) is 0.590. The van der Waals surface area contributed by atoms with Gasteiger partial charge >= 0.3 is 7.82 Å². The Morgan fingerprint density at radius 1 is 0.967 bits per heavy atom. The zero-order valence-corrected chi connectivity index (χ0v) is 36.0. The number of nitrogens with one attached hydrogen (secondary N) is 4. The van der Waals surface area contributed by atoms with Gasteiger partial charge in [0.05, 0.1) is 25.3 Å². The number of phosphoric ester groups is 1. The number of imidazole rings is 1. The minimum Gasteiger partial charge on any atom is -0.396 e. The number of benzene rings is 1. The first-order chi connectivity index (χ1) is 28.8. The molecule has 2 heterocycles. The summed E-state index contributed by atoms with van der Waals surface area (Å²) in [6.45, 7) is 8.28. The van der Waals surface area contributed by atoms with Gasteiger partial charge in [-0.2, -0.15) is 0 Å². The number of unbranched alkanes of at least 4 members (excludes halogenated alkanes) is 1. The average molecular weight is 878 g/mol. The Morgan fingerprint density at radius 2 is 1.62 bits per heavy atom. The molecule has 0 saturated carbocycles. The van der Waals surface area contributed by atoms with Crippen LogP contribution in [0.15, 0.2) is 48.0 Å². The van der Waals surface area contributed by atoms with Crippen molar-refractivity contribution >= 4 is 49.5 Å².